The molecule has 1 aliphatic rings. The molecule has 170 valence electrons. The predicted molar refractivity (Wildman–Crippen MR) is 134 cm³/mol. The van der Waals surface area contributed by atoms with E-state index in [-0.39, 0.29) is 12.6 Å². The molecule has 3 amide bonds. The minimum Gasteiger partial charge on any atom is -0.344 e. The molecule has 33 heavy (non-hydrogen) atoms. The van der Waals surface area contributed by atoms with Crippen LogP contribution in [0.25, 0.3) is 17.0 Å². The Morgan fingerprint density at radius 3 is 2.39 bits per heavy atom. The number of amides is 3. The van der Waals surface area contributed by atoms with E-state index in [9.17, 15) is 14.4 Å². The molecule has 0 aliphatic carbocycles. The van der Waals surface area contributed by atoms with Crippen molar-refractivity contribution in [3.8, 4) is 0 Å². The monoisotopic (exact) mass is 461 g/mol. The topological polar surface area (TPSA) is 71.4 Å². The quantitative estimate of drug-likeness (QED) is 0.456. The molecule has 1 aliphatic heterocycles. The van der Waals surface area contributed by atoms with Crippen LogP contribution in [0, 0.1) is 0 Å². The number of anilines is 1. The molecule has 1 aromatic heterocycles. The lowest BCUT2D eigenvalue weighted by Crippen LogP contribution is -2.36. The second-order valence-electron chi connectivity index (χ2n) is 8.70. The van der Waals surface area contributed by atoms with Crippen molar-refractivity contribution in [3.63, 3.8) is 0 Å². The van der Waals surface area contributed by atoms with Gasteiger partial charge in [-0.15, -0.1) is 0 Å². The normalized spacial score (nSPS) is 15.5. The van der Waals surface area contributed by atoms with Crippen LogP contribution in [0.4, 0.5) is 10.5 Å². The molecule has 6 nitrogen and oxygen atoms in total. The van der Waals surface area contributed by atoms with E-state index in [1.807, 2.05) is 54.7 Å². The first kappa shape index (κ1) is 22.9. The van der Waals surface area contributed by atoms with Gasteiger partial charge in [-0.05, 0) is 61.4 Å². The fourth-order valence-electron chi connectivity index (χ4n) is 3.85. The molecule has 7 heteroatoms. The van der Waals surface area contributed by atoms with E-state index in [1.54, 1.807) is 6.08 Å². The summed E-state index contributed by atoms with van der Waals surface area (Å²) in [5.74, 6) is -0.463. The fraction of sp³-hybridized carbons (Fsp3) is 0.269. The second-order valence-corrected chi connectivity index (χ2v) is 9.69. The zero-order chi connectivity index (χ0) is 23.7. The summed E-state index contributed by atoms with van der Waals surface area (Å²) in [7, 11) is 0. The van der Waals surface area contributed by atoms with Crippen molar-refractivity contribution < 1.29 is 14.4 Å². The Morgan fingerprint density at radius 1 is 1.03 bits per heavy atom. The summed E-state index contributed by atoms with van der Waals surface area (Å²) in [6.45, 7) is 8.07. The highest BCUT2D eigenvalue weighted by Crippen LogP contribution is 2.34. The first-order valence-corrected chi connectivity index (χ1v) is 11.8. The summed E-state index contributed by atoms with van der Waals surface area (Å²) >= 11 is 0.866. The van der Waals surface area contributed by atoms with Crippen molar-refractivity contribution in [2.24, 2.45) is 0 Å². The van der Waals surface area contributed by atoms with Crippen LogP contribution < -0.4 is 5.32 Å². The van der Waals surface area contributed by atoms with E-state index < -0.39 is 17.1 Å². The first-order valence-electron chi connectivity index (χ1n) is 11.0. The summed E-state index contributed by atoms with van der Waals surface area (Å²) in [6.07, 6.45) is 3.74. The number of hydrogen-bond acceptors (Lipinski definition) is 4. The van der Waals surface area contributed by atoms with Crippen LogP contribution in [0.15, 0.2) is 59.6 Å². The zero-order valence-corrected chi connectivity index (χ0v) is 20.0. The molecule has 0 unspecified atom stereocenters. The lowest BCUT2D eigenvalue weighted by atomic mass is 10.0. The SMILES string of the molecule is CC(C)c1ccc(NC(=O)CN2C(=O)S/C(=C/c3cn(C(C)C)c4ccccc34)C2=O)cc1. The Bertz CT molecular complexity index is 1260. The van der Waals surface area contributed by atoms with E-state index in [0.717, 1.165) is 33.1 Å². The van der Waals surface area contributed by atoms with Crippen molar-refractivity contribution in [1.29, 1.82) is 0 Å². The van der Waals surface area contributed by atoms with Gasteiger partial charge in [-0.3, -0.25) is 19.3 Å². The highest BCUT2D eigenvalue weighted by Gasteiger charge is 2.36. The summed E-state index contributed by atoms with van der Waals surface area (Å²) < 4.78 is 2.14. The maximum absolute atomic E-state index is 12.9. The van der Waals surface area contributed by atoms with E-state index in [4.69, 9.17) is 0 Å². The minimum absolute atomic E-state index is 0.255. The number of rotatable bonds is 6. The molecular formula is C26H27N3O3S. The van der Waals surface area contributed by atoms with Crippen molar-refractivity contribution in [1.82, 2.24) is 9.47 Å². The molecule has 2 heterocycles. The molecule has 0 saturated carbocycles. The maximum Gasteiger partial charge on any atom is 0.294 e. The van der Waals surface area contributed by atoms with Crippen LogP contribution in [-0.2, 0) is 9.59 Å². The van der Waals surface area contributed by atoms with Gasteiger partial charge in [-0.1, -0.05) is 44.2 Å². The molecule has 2 aromatic carbocycles. The third-order valence-corrected chi connectivity index (χ3v) is 6.56. The fourth-order valence-corrected chi connectivity index (χ4v) is 4.68. The molecule has 0 atom stereocenters. The van der Waals surface area contributed by atoms with Gasteiger partial charge >= 0.3 is 0 Å². The average molecular weight is 462 g/mol. The number of benzene rings is 2. The number of imide groups is 1. The summed E-state index contributed by atoms with van der Waals surface area (Å²) in [6, 6.07) is 15.8. The van der Waals surface area contributed by atoms with Gasteiger partial charge in [0.15, 0.2) is 0 Å². The Morgan fingerprint density at radius 2 is 1.73 bits per heavy atom. The van der Waals surface area contributed by atoms with E-state index in [0.29, 0.717) is 16.5 Å². The minimum atomic E-state index is -0.448. The highest BCUT2D eigenvalue weighted by molar-refractivity contribution is 8.18. The molecule has 0 bridgehead atoms. The Labute approximate surface area is 197 Å². The van der Waals surface area contributed by atoms with Gasteiger partial charge in [-0.25, -0.2) is 0 Å². The van der Waals surface area contributed by atoms with Crippen molar-refractivity contribution >= 4 is 51.5 Å². The number of carbonyl (C=O) groups is 3. The van der Waals surface area contributed by atoms with Gasteiger partial charge < -0.3 is 9.88 Å². The zero-order valence-electron chi connectivity index (χ0n) is 19.2. The first-order chi connectivity index (χ1) is 15.7. The molecule has 1 N–H and O–H groups in total. The number of thioether (sulfide) groups is 1. The summed E-state index contributed by atoms with van der Waals surface area (Å²) in [4.78, 5) is 39.3. The van der Waals surface area contributed by atoms with E-state index in [1.165, 1.54) is 5.56 Å². The van der Waals surface area contributed by atoms with Crippen LogP contribution in [0.1, 0.15) is 50.8 Å². The van der Waals surface area contributed by atoms with Gasteiger partial charge in [0.05, 0.1) is 4.91 Å². The van der Waals surface area contributed by atoms with Crippen molar-refractivity contribution in [2.45, 2.75) is 39.7 Å². The number of nitrogens with one attached hydrogen (secondary N) is 1. The molecule has 1 fully saturated rings. The van der Waals surface area contributed by atoms with Crippen LogP contribution in [0.5, 0.6) is 0 Å². The van der Waals surface area contributed by atoms with Gasteiger partial charge in [0.1, 0.15) is 6.54 Å². The summed E-state index contributed by atoms with van der Waals surface area (Å²) in [5, 5.41) is 3.34. The third-order valence-electron chi connectivity index (χ3n) is 5.65. The number of nitrogens with zero attached hydrogens (tertiary/aromatic N) is 2. The van der Waals surface area contributed by atoms with Crippen LogP contribution >= 0.6 is 11.8 Å². The predicted octanol–water partition coefficient (Wildman–Crippen LogP) is 6.02. The molecule has 4 rings (SSSR count). The molecule has 0 radical (unpaired) electrons. The van der Waals surface area contributed by atoms with Gasteiger partial charge in [0.2, 0.25) is 5.91 Å². The Kier molecular flexibility index (Phi) is 6.42. The molecule has 1 saturated heterocycles. The smallest absolute Gasteiger partial charge is 0.294 e. The Balaban J connectivity index is 1.50. The van der Waals surface area contributed by atoms with Gasteiger partial charge in [-0.2, -0.15) is 0 Å². The molecular weight excluding hydrogens is 434 g/mol. The largest absolute Gasteiger partial charge is 0.344 e. The molecule has 3 aromatic rings. The van der Waals surface area contributed by atoms with Gasteiger partial charge in [0.25, 0.3) is 11.1 Å². The van der Waals surface area contributed by atoms with Crippen molar-refractivity contribution in [3.05, 3.63) is 70.8 Å². The lowest BCUT2D eigenvalue weighted by molar-refractivity contribution is -0.127. The van der Waals surface area contributed by atoms with Crippen LogP contribution in [-0.4, -0.2) is 33.1 Å². The van der Waals surface area contributed by atoms with Crippen LogP contribution in [0.3, 0.4) is 0 Å². The second kappa shape index (κ2) is 9.27. The standard InChI is InChI=1S/C26H27N3O3S/c1-16(2)18-9-11-20(12-10-18)27-24(30)15-29-25(31)23(33-26(29)32)13-19-14-28(17(3)4)22-8-6-5-7-21(19)22/h5-14,16-17H,15H2,1-4H3,(H,27,30)/b23-13+. The molecule has 0 spiro atoms. The van der Waals surface area contributed by atoms with Gasteiger partial charge in [0, 0.05) is 34.4 Å². The number of fused-ring (bicyclic) bond motifs is 1. The van der Waals surface area contributed by atoms with Crippen molar-refractivity contribution in [2.75, 3.05) is 11.9 Å². The van der Waals surface area contributed by atoms with Crippen LogP contribution in [0.2, 0.25) is 0 Å². The summed E-state index contributed by atoms with van der Waals surface area (Å²) in [5.41, 5.74) is 3.75. The highest BCUT2D eigenvalue weighted by atomic mass is 32.2. The van der Waals surface area contributed by atoms with E-state index >= 15 is 0 Å². The lowest BCUT2D eigenvalue weighted by Gasteiger charge is -2.13. The average Bonchev–Trinajstić information content (AvgIpc) is 3.27. The van der Waals surface area contributed by atoms with E-state index in [2.05, 4.69) is 37.6 Å². The number of hydrogen-bond donors (Lipinski definition) is 1. The third kappa shape index (κ3) is 4.73. The Hall–Kier alpha value is -3.32. The number of carbonyl (C=O) groups excluding carboxylic acids is 3. The number of para-hydroxylation sites is 1. The maximum atomic E-state index is 12.9. The number of aromatic nitrogens is 1.